The molecular weight excluding hydrogens is 402 g/mol. The van der Waals surface area contributed by atoms with E-state index >= 15 is 0 Å². The number of carbonyl (C=O) groups excluding carboxylic acids is 1. The lowest BCUT2D eigenvalue weighted by molar-refractivity contribution is 0.0935. The van der Waals surface area contributed by atoms with E-state index in [1.165, 1.54) is 0 Å². The van der Waals surface area contributed by atoms with Crippen molar-refractivity contribution in [3.63, 3.8) is 0 Å². The van der Waals surface area contributed by atoms with E-state index in [0.29, 0.717) is 24.9 Å². The van der Waals surface area contributed by atoms with Crippen LogP contribution in [0.1, 0.15) is 36.1 Å². The zero-order chi connectivity index (χ0) is 22.1. The van der Waals surface area contributed by atoms with Crippen LogP contribution in [-0.4, -0.2) is 44.8 Å². The summed E-state index contributed by atoms with van der Waals surface area (Å²) in [5.41, 5.74) is 7.88. The lowest BCUT2D eigenvalue weighted by atomic mass is 10.0. The lowest BCUT2D eigenvalue weighted by Crippen LogP contribution is -2.44. The van der Waals surface area contributed by atoms with E-state index in [9.17, 15) is 4.79 Å². The molecule has 3 heterocycles. The van der Waals surface area contributed by atoms with Crippen molar-refractivity contribution in [2.24, 2.45) is 5.73 Å². The topological polar surface area (TPSA) is 102 Å². The van der Waals surface area contributed by atoms with E-state index in [0.717, 1.165) is 53.3 Å². The van der Waals surface area contributed by atoms with E-state index in [1.54, 1.807) is 0 Å². The van der Waals surface area contributed by atoms with Gasteiger partial charge in [0.25, 0.3) is 5.91 Å². The number of pyridine rings is 1. The first kappa shape index (κ1) is 20.4. The standard InChI is InChI=1S/C24H27N7O/c1-2-31-22(28-29-24(31)30-13-7-8-16(25)15-30)23(32)26-14-21-19-11-4-3-9-17(19)18-10-5-6-12-20(18)27-21/h3-6,9-12,16H,2,7-8,13-15,25H2,1H3,(H,26,32). The Bertz CT molecular complexity index is 1280. The van der Waals surface area contributed by atoms with Gasteiger partial charge in [-0.25, -0.2) is 0 Å². The molecule has 0 radical (unpaired) electrons. The molecule has 8 nitrogen and oxygen atoms in total. The van der Waals surface area contributed by atoms with Gasteiger partial charge in [-0.05, 0) is 31.2 Å². The van der Waals surface area contributed by atoms with Crippen LogP contribution in [0, 0.1) is 0 Å². The predicted octanol–water partition coefficient (Wildman–Crippen LogP) is 2.86. The largest absolute Gasteiger partial charge is 0.344 e. The third-order valence-electron chi connectivity index (χ3n) is 6.10. The van der Waals surface area contributed by atoms with Gasteiger partial charge in [-0.1, -0.05) is 42.5 Å². The average Bonchev–Trinajstić information content (AvgIpc) is 3.27. The molecule has 0 aliphatic carbocycles. The van der Waals surface area contributed by atoms with Gasteiger partial charge < -0.3 is 16.0 Å². The molecule has 3 N–H and O–H groups in total. The molecule has 2 aromatic carbocycles. The van der Waals surface area contributed by atoms with Gasteiger partial charge in [0.05, 0.1) is 17.8 Å². The number of para-hydroxylation sites is 1. The zero-order valence-corrected chi connectivity index (χ0v) is 18.2. The van der Waals surface area contributed by atoms with Crippen molar-refractivity contribution >= 4 is 33.5 Å². The van der Waals surface area contributed by atoms with Crippen LogP contribution in [-0.2, 0) is 13.1 Å². The van der Waals surface area contributed by atoms with Crippen molar-refractivity contribution in [2.45, 2.75) is 38.9 Å². The Hall–Kier alpha value is -3.52. The smallest absolute Gasteiger partial charge is 0.289 e. The maximum absolute atomic E-state index is 13.1. The summed E-state index contributed by atoms with van der Waals surface area (Å²) in [5, 5.41) is 14.8. The van der Waals surface area contributed by atoms with Crippen molar-refractivity contribution in [3.05, 3.63) is 60.0 Å². The number of aromatic nitrogens is 4. The highest BCUT2D eigenvalue weighted by molar-refractivity contribution is 6.06. The second-order valence-electron chi connectivity index (χ2n) is 8.22. The minimum Gasteiger partial charge on any atom is -0.344 e. The fourth-order valence-electron chi connectivity index (χ4n) is 4.53. The van der Waals surface area contributed by atoms with Crippen LogP contribution in [0.5, 0.6) is 0 Å². The SMILES string of the molecule is CCn1c(C(=O)NCc2nc3ccccc3c3ccccc23)nnc1N1CCCC(N)C1. The fourth-order valence-corrected chi connectivity index (χ4v) is 4.53. The van der Waals surface area contributed by atoms with Gasteiger partial charge in [0.15, 0.2) is 0 Å². The Morgan fingerprint density at radius 1 is 1.09 bits per heavy atom. The number of piperidine rings is 1. The molecule has 1 unspecified atom stereocenters. The van der Waals surface area contributed by atoms with Gasteiger partial charge >= 0.3 is 0 Å². The summed E-state index contributed by atoms with van der Waals surface area (Å²) in [5.74, 6) is 0.764. The van der Waals surface area contributed by atoms with E-state index < -0.39 is 0 Å². The molecule has 0 bridgehead atoms. The molecule has 164 valence electrons. The second-order valence-corrected chi connectivity index (χ2v) is 8.22. The van der Waals surface area contributed by atoms with Crippen molar-refractivity contribution < 1.29 is 4.79 Å². The summed E-state index contributed by atoms with van der Waals surface area (Å²) in [6.45, 7) is 4.51. The number of rotatable bonds is 5. The zero-order valence-electron chi connectivity index (χ0n) is 18.2. The van der Waals surface area contributed by atoms with Crippen LogP contribution in [0.25, 0.3) is 21.7 Å². The summed E-state index contributed by atoms with van der Waals surface area (Å²) in [7, 11) is 0. The first-order valence-corrected chi connectivity index (χ1v) is 11.1. The second kappa shape index (κ2) is 8.55. The molecule has 1 saturated heterocycles. The summed E-state index contributed by atoms with van der Waals surface area (Å²) in [6, 6.07) is 16.3. The van der Waals surface area contributed by atoms with Crippen LogP contribution >= 0.6 is 0 Å². The van der Waals surface area contributed by atoms with E-state index in [-0.39, 0.29) is 11.9 Å². The number of fused-ring (bicyclic) bond motifs is 3. The molecule has 1 fully saturated rings. The normalized spacial score (nSPS) is 16.6. The van der Waals surface area contributed by atoms with Gasteiger partial charge in [-0.3, -0.25) is 14.3 Å². The van der Waals surface area contributed by atoms with Crippen LogP contribution in [0.2, 0.25) is 0 Å². The maximum atomic E-state index is 13.1. The van der Waals surface area contributed by atoms with Gasteiger partial charge in [0.2, 0.25) is 11.8 Å². The summed E-state index contributed by atoms with van der Waals surface area (Å²) in [6.07, 6.45) is 2.02. The molecule has 0 spiro atoms. The number of hydrogen-bond donors (Lipinski definition) is 2. The average molecular weight is 430 g/mol. The van der Waals surface area contributed by atoms with Crippen molar-refractivity contribution in [1.29, 1.82) is 0 Å². The van der Waals surface area contributed by atoms with Crippen molar-refractivity contribution in [3.8, 4) is 0 Å². The summed E-state index contributed by atoms with van der Waals surface area (Å²) >= 11 is 0. The van der Waals surface area contributed by atoms with Crippen LogP contribution in [0.4, 0.5) is 5.95 Å². The van der Waals surface area contributed by atoms with E-state index in [4.69, 9.17) is 10.7 Å². The summed E-state index contributed by atoms with van der Waals surface area (Å²) in [4.78, 5) is 20.0. The van der Waals surface area contributed by atoms with E-state index in [2.05, 4.69) is 32.5 Å². The Morgan fingerprint density at radius 3 is 2.62 bits per heavy atom. The first-order valence-electron chi connectivity index (χ1n) is 11.1. The lowest BCUT2D eigenvalue weighted by Gasteiger charge is -2.31. The molecule has 1 aliphatic rings. The molecule has 4 aromatic rings. The highest BCUT2D eigenvalue weighted by Crippen LogP contribution is 2.26. The fraction of sp³-hybridized carbons (Fsp3) is 0.333. The number of hydrogen-bond acceptors (Lipinski definition) is 6. The Labute approximate surface area is 186 Å². The van der Waals surface area contributed by atoms with Crippen molar-refractivity contribution in [1.82, 2.24) is 25.1 Å². The monoisotopic (exact) mass is 429 g/mol. The molecule has 2 aromatic heterocycles. The molecule has 0 saturated carbocycles. The quantitative estimate of drug-likeness (QED) is 0.473. The first-order chi connectivity index (χ1) is 15.7. The van der Waals surface area contributed by atoms with Crippen LogP contribution in [0.3, 0.4) is 0 Å². The van der Waals surface area contributed by atoms with E-state index in [1.807, 2.05) is 47.9 Å². The highest BCUT2D eigenvalue weighted by Gasteiger charge is 2.25. The molecule has 1 aliphatic heterocycles. The summed E-state index contributed by atoms with van der Waals surface area (Å²) < 4.78 is 1.86. The minimum absolute atomic E-state index is 0.121. The minimum atomic E-state index is -0.258. The van der Waals surface area contributed by atoms with Gasteiger partial charge in [0, 0.05) is 36.4 Å². The third-order valence-corrected chi connectivity index (χ3v) is 6.10. The third kappa shape index (κ3) is 3.67. The number of carbonyl (C=O) groups is 1. The number of nitrogens with two attached hydrogens (primary N) is 1. The molecular formula is C24H27N7O. The number of amides is 1. The molecule has 32 heavy (non-hydrogen) atoms. The number of anilines is 1. The van der Waals surface area contributed by atoms with Gasteiger partial charge in [0.1, 0.15) is 0 Å². The number of benzene rings is 2. The Morgan fingerprint density at radius 2 is 1.84 bits per heavy atom. The number of nitrogens with zero attached hydrogens (tertiary/aromatic N) is 5. The van der Waals surface area contributed by atoms with Gasteiger partial charge in [-0.2, -0.15) is 0 Å². The Balaban J connectivity index is 1.41. The molecule has 5 rings (SSSR count). The number of nitrogens with one attached hydrogen (secondary N) is 1. The predicted molar refractivity (Wildman–Crippen MR) is 126 cm³/mol. The Kier molecular flexibility index (Phi) is 5.45. The molecule has 1 amide bonds. The van der Waals surface area contributed by atoms with Crippen LogP contribution < -0.4 is 16.0 Å². The van der Waals surface area contributed by atoms with Gasteiger partial charge in [-0.15, -0.1) is 10.2 Å². The highest BCUT2D eigenvalue weighted by atomic mass is 16.2. The van der Waals surface area contributed by atoms with Crippen molar-refractivity contribution in [2.75, 3.05) is 18.0 Å². The maximum Gasteiger partial charge on any atom is 0.289 e. The van der Waals surface area contributed by atoms with Crippen LogP contribution in [0.15, 0.2) is 48.5 Å². The molecule has 1 atom stereocenters. The molecule has 8 heteroatoms.